The lowest BCUT2D eigenvalue weighted by atomic mass is 10.3. The van der Waals surface area contributed by atoms with E-state index in [1.54, 1.807) is 12.3 Å². The van der Waals surface area contributed by atoms with Crippen molar-refractivity contribution in [3.8, 4) is 0 Å². The van der Waals surface area contributed by atoms with Crippen molar-refractivity contribution in [3.63, 3.8) is 0 Å². The van der Waals surface area contributed by atoms with Crippen molar-refractivity contribution in [2.75, 3.05) is 44.4 Å². The highest BCUT2D eigenvalue weighted by Crippen LogP contribution is 2.24. The van der Waals surface area contributed by atoms with Crippen molar-refractivity contribution >= 4 is 23.1 Å². The summed E-state index contributed by atoms with van der Waals surface area (Å²) in [6.45, 7) is 5.00. The van der Waals surface area contributed by atoms with Crippen LogP contribution in [-0.4, -0.2) is 43.6 Å². The molecule has 0 aliphatic heterocycles. The Morgan fingerprint density at radius 1 is 1.35 bits per heavy atom. The molecule has 0 amide bonds. The Balaban J connectivity index is 2.66. The largest absolute Gasteiger partial charge is 0.397 e. The van der Waals surface area contributed by atoms with Crippen LogP contribution in [0.2, 0.25) is 5.02 Å². The second-order valence-electron chi connectivity index (χ2n) is 4.31. The SMILES string of the molecule is CCN(CCCN(C)C)c1ncc(N)cc1Cl. The maximum absolute atomic E-state index is 6.15. The molecule has 1 rings (SSSR count). The molecular formula is C12H21ClN4. The lowest BCUT2D eigenvalue weighted by Gasteiger charge is -2.23. The number of anilines is 2. The van der Waals surface area contributed by atoms with Crippen LogP contribution in [0, 0.1) is 0 Å². The minimum atomic E-state index is 0.600. The number of halogens is 1. The first kappa shape index (κ1) is 14.1. The molecule has 2 N–H and O–H groups in total. The highest BCUT2D eigenvalue weighted by atomic mass is 35.5. The van der Waals surface area contributed by atoms with Crippen LogP contribution in [0.5, 0.6) is 0 Å². The van der Waals surface area contributed by atoms with Gasteiger partial charge in [0.25, 0.3) is 0 Å². The summed E-state index contributed by atoms with van der Waals surface area (Å²) in [6, 6.07) is 1.75. The van der Waals surface area contributed by atoms with Gasteiger partial charge in [-0.25, -0.2) is 4.98 Å². The summed E-state index contributed by atoms with van der Waals surface area (Å²) in [5.74, 6) is 0.821. The average molecular weight is 257 g/mol. The molecule has 5 heteroatoms. The smallest absolute Gasteiger partial charge is 0.147 e. The zero-order valence-corrected chi connectivity index (χ0v) is 11.5. The first-order valence-corrected chi connectivity index (χ1v) is 6.23. The van der Waals surface area contributed by atoms with E-state index in [0.717, 1.165) is 31.9 Å². The molecule has 17 heavy (non-hydrogen) atoms. The molecule has 1 aromatic heterocycles. The molecule has 0 fully saturated rings. The highest BCUT2D eigenvalue weighted by Gasteiger charge is 2.10. The summed E-state index contributed by atoms with van der Waals surface area (Å²) in [7, 11) is 4.15. The number of rotatable bonds is 6. The van der Waals surface area contributed by atoms with Crippen LogP contribution in [0.1, 0.15) is 13.3 Å². The van der Waals surface area contributed by atoms with Gasteiger partial charge in [-0.05, 0) is 40.1 Å². The minimum absolute atomic E-state index is 0.600. The molecule has 96 valence electrons. The average Bonchev–Trinajstić information content (AvgIpc) is 2.25. The summed E-state index contributed by atoms with van der Waals surface area (Å²) in [5.41, 5.74) is 6.24. The summed E-state index contributed by atoms with van der Waals surface area (Å²) in [4.78, 5) is 8.65. The number of pyridine rings is 1. The molecule has 1 aromatic rings. The van der Waals surface area contributed by atoms with E-state index >= 15 is 0 Å². The molecule has 0 spiro atoms. The third-order valence-electron chi connectivity index (χ3n) is 2.56. The fraction of sp³-hybridized carbons (Fsp3) is 0.583. The van der Waals surface area contributed by atoms with E-state index in [2.05, 4.69) is 35.8 Å². The second-order valence-corrected chi connectivity index (χ2v) is 4.72. The lowest BCUT2D eigenvalue weighted by Crippen LogP contribution is -2.28. The molecule has 0 unspecified atom stereocenters. The summed E-state index contributed by atoms with van der Waals surface area (Å²) in [5, 5.41) is 0.622. The van der Waals surface area contributed by atoms with Crippen LogP contribution < -0.4 is 10.6 Å². The Morgan fingerprint density at radius 3 is 2.59 bits per heavy atom. The number of aromatic nitrogens is 1. The van der Waals surface area contributed by atoms with Gasteiger partial charge in [-0.1, -0.05) is 11.6 Å². The monoisotopic (exact) mass is 256 g/mol. The standard InChI is InChI=1S/C12H21ClN4/c1-4-17(7-5-6-16(2)3)12-11(13)8-10(14)9-15-12/h8-9H,4-7,14H2,1-3H3. The second kappa shape index (κ2) is 6.67. The number of nitrogens with two attached hydrogens (primary N) is 1. The highest BCUT2D eigenvalue weighted by molar-refractivity contribution is 6.33. The zero-order chi connectivity index (χ0) is 12.8. The van der Waals surface area contributed by atoms with Gasteiger partial charge < -0.3 is 15.5 Å². The normalized spacial score (nSPS) is 10.9. The van der Waals surface area contributed by atoms with Gasteiger partial charge in [-0.2, -0.15) is 0 Å². The first-order valence-electron chi connectivity index (χ1n) is 5.85. The summed E-state index contributed by atoms with van der Waals surface area (Å²) >= 11 is 6.15. The van der Waals surface area contributed by atoms with E-state index in [0.29, 0.717) is 10.7 Å². The van der Waals surface area contributed by atoms with Crippen molar-refractivity contribution < 1.29 is 0 Å². The van der Waals surface area contributed by atoms with E-state index in [-0.39, 0.29) is 0 Å². The maximum Gasteiger partial charge on any atom is 0.147 e. The van der Waals surface area contributed by atoms with Crippen LogP contribution in [0.4, 0.5) is 11.5 Å². The molecule has 1 heterocycles. The van der Waals surface area contributed by atoms with E-state index in [1.807, 2.05) is 0 Å². The number of hydrogen-bond acceptors (Lipinski definition) is 4. The third kappa shape index (κ3) is 4.40. The molecule has 0 bridgehead atoms. The van der Waals surface area contributed by atoms with Gasteiger partial charge in [0, 0.05) is 13.1 Å². The fourth-order valence-corrected chi connectivity index (χ4v) is 1.96. The maximum atomic E-state index is 6.15. The predicted octanol–water partition coefficient (Wildman–Crippen LogP) is 2.10. The fourth-order valence-electron chi connectivity index (χ4n) is 1.67. The van der Waals surface area contributed by atoms with E-state index in [9.17, 15) is 0 Å². The molecule has 0 aliphatic rings. The Kier molecular flexibility index (Phi) is 5.51. The lowest BCUT2D eigenvalue weighted by molar-refractivity contribution is 0.400. The molecule has 0 atom stereocenters. The van der Waals surface area contributed by atoms with Gasteiger partial charge in [0.15, 0.2) is 0 Å². The molecule has 4 nitrogen and oxygen atoms in total. The molecule has 0 radical (unpaired) electrons. The number of hydrogen-bond donors (Lipinski definition) is 1. The molecule has 0 aromatic carbocycles. The Morgan fingerprint density at radius 2 is 2.06 bits per heavy atom. The summed E-state index contributed by atoms with van der Waals surface area (Å²) < 4.78 is 0. The molecular weight excluding hydrogens is 236 g/mol. The van der Waals surface area contributed by atoms with Gasteiger partial charge >= 0.3 is 0 Å². The van der Waals surface area contributed by atoms with Gasteiger partial charge in [0.05, 0.1) is 16.9 Å². The van der Waals surface area contributed by atoms with Gasteiger partial charge in [0.2, 0.25) is 0 Å². The Bertz CT molecular complexity index is 354. The molecule has 0 aliphatic carbocycles. The van der Waals surface area contributed by atoms with E-state index in [1.165, 1.54) is 0 Å². The van der Waals surface area contributed by atoms with Crippen LogP contribution in [0.25, 0.3) is 0 Å². The summed E-state index contributed by atoms with van der Waals surface area (Å²) in [6.07, 6.45) is 2.74. The quantitative estimate of drug-likeness (QED) is 0.847. The Hall–Kier alpha value is -1.00. The van der Waals surface area contributed by atoms with Gasteiger partial charge in [0.1, 0.15) is 5.82 Å². The number of nitrogens with zero attached hydrogens (tertiary/aromatic N) is 3. The minimum Gasteiger partial charge on any atom is -0.397 e. The zero-order valence-electron chi connectivity index (χ0n) is 10.8. The van der Waals surface area contributed by atoms with Crippen LogP contribution in [0.15, 0.2) is 12.3 Å². The van der Waals surface area contributed by atoms with Gasteiger partial charge in [-0.3, -0.25) is 0 Å². The van der Waals surface area contributed by atoms with Crippen LogP contribution in [-0.2, 0) is 0 Å². The third-order valence-corrected chi connectivity index (χ3v) is 2.84. The topological polar surface area (TPSA) is 45.4 Å². The van der Waals surface area contributed by atoms with Gasteiger partial charge in [-0.15, -0.1) is 0 Å². The molecule has 0 saturated carbocycles. The van der Waals surface area contributed by atoms with E-state index in [4.69, 9.17) is 17.3 Å². The van der Waals surface area contributed by atoms with Crippen molar-refractivity contribution in [3.05, 3.63) is 17.3 Å². The van der Waals surface area contributed by atoms with Crippen LogP contribution >= 0.6 is 11.6 Å². The van der Waals surface area contributed by atoms with E-state index < -0.39 is 0 Å². The van der Waals surface area contributed by atoms with Crippen molar-refractivity contribution in [1.82, 2.24) is 9.88 Å². The van der Waals surface area contributed by atoms with Crippen molar-refractivity contribution in [1.29, 1.82) is 0 Å². The Labute approximate surface area is 108 Å². The first-order chi connectivity index (χ1) is 8.04. The molecule has 0 saturated heterocycles. The van der Waals surface area contributed by atoms with Crippen LogP contribution in [0.3, 0.4) is 0 Å². The van der Waals surface area contributed by atoms with Crippen molar-refractivity contribution in [2.24, 2.45) is 0 Å². The van der Waals surface area contributed by atoms with Crippen molar-refractivity contribution in [2.45, 2.75) is 13.3 Å². The predicted molar refractivity (Wildman–Crippen MR) is 74.7 cm³/mol. The number of nitrogen functional groups attached to an aromatic ring is 1.